The van der Waals surface area contributed by atoms with E-state index in [1.165, 1.54) is 0 Å². The van der Waals surface area contributed by atoms with Gasteiger partial charge in [-0.05, 0) is 31.1 Å². The molecule has 0 spiro atoms. The number of Topliss-reactive ketones (excluding diaryl/α,β-unsaturated/α-hetero) is 1. The highest BCUT2D eigenvalue weighted by molar-refractivity contribution is 7.94. The summed E-state index contributed by atoms with van der Waals surface area (Å²) in [5, 5.41) is 0. The van der Waals surface area contributed by atoms with Crippen molar-refractivity contribution in [2.24, 2.45) is 16.7 Å². The van der Waals surface area contributed by atoms with Gasteiger partial charge in [-0.3, -0.25) is 4.79 Å². The zero-order chi connectivity index (χ0) is 16.2. The fourth-order valence-electron chi connectivity index (χ4n) is 4.30. The molecule has 0 aliphatic heterocycles. The van der Waals surface area contributed by atoms with Gasteiger partial charge in [0.2, 0.25) is 0 Å². The van der Waals surface area contributed by atoms with Crippen LogP contribution in [0.15, 0.2) is 24.3 Å². The van der Waals surface area contributed by atoms with E-state index in [4.69, 9.17) is 0 Å². The maximum atomic E-state index is 12.6. The summed E-state index contributed by atoms with van der Waals surface area (Å²) >= 11 is 0. The summed E-state index contributed by atoms with van der Waals surface area (Å²) in [6, 6.07) is 7.11. The Morgan fingerprint density at radius 3 is 2.59 bits per heavy atom. The highest BCUT2D eigenvalue weighted by Crippen LogP contribution is 2.64. The number of hydrogen-bond donors (Lipinski definition) is 0. The van der Waals surface area contributed by atoms with Crippen LogP contribution in [0.2, 0.25) is 0 Å². The maximum Gasteiger partial charge on any atom is 0.140 e. The van der Waals surface area contributed by atoms with Crippen molar-refractivity contribution in [2.75, 3.05) is 5.75 Å². The molecule has 5 heteroatoms. The monoisotopic (exact) mass is 320 g/mol. The van der Waals surface area contributed by atoms with Crippen LogP contribution in [0.3, 0.4) is 0 Å². The molecule has 0 amide bonds. The second-order valence-corrected chi connectivity index (χ2v) is 8.96. The normalized spacial score (nSPS) is 29.8. The zero-order valence-electron chi connectivity index (χ0n) is 13.3. The van der Waals surface area contributed by atoms with Crippen molar-refractivity contribution in [1.82, 2.24) is 0 Å². The summed E-state index contributed by atoms with van der Waals surface area (Å²) < 4.78 is 29.1. The molecule has 2 fully saturated rings. The molecule has 2 unspecified atom stereocenters. The van der Waals surface area contributed by atoms with E-state index in [2.05, 4.69) is 4.72 Å². The Balaban J connectivity index is 1.87. The molecule has 2 saturated carbocycles. The molecule has 22 heavy (non-hydrogen) atoms. The fraction of sp³-hybridized carbons (Fsp3) is 0.588. The van der Waals surface area contributed by atoms with E-state index in [0.717, 1.165) is 12.0 Å². The Labute approximate surface area is 132 Å². The van der Waals surface area contributed by atoms with Crippen LogP contribution in [0.1, 0.15) is 38.7 Å². The first-order valence-electron chi connectivity index (χ1n) is 7.72. The van der Waals surface area contributed by atoms with Crippen molar-refractivity contribution in [3.05, 3.63) is 34.6 Å². The van der Waals surface area contributed by atoms with E-state index in [9.17, 15) is 13.2 Å². The third-order valence-corrected chi connectivity index (χ3v) is 7.16. The number of nitrogens with zero attached hydrogens (tertiary/aromatic N) is 1. The molecular weight excluding hydrogens is 298 g/mol. The van der Waals surface area contributed by atoms with Crippen LogP contribution in [0.4, 0.5) is 5.69 Å². The van der Waals surface area contributed by atoms with Crippen LogP contribution >= 0.6 is 0 Å². The molecule has 0 N–H and O–H groups in total. The molecule has 1 aromatic carbocycles. The first-order valence-corrected chi connectivity index (χ1v) is 9.33. The largest absolute Gasteiger partial charge is 0.577 e. The lowest BCUT2D eigenvalue weighted by Crippen LogP contribution is -2.41. The van der Waals surface area contributed by atoms with Crippen LogP contribution in [0.25, 0.3) is 4.72 Å². The van der Waals surface area contributed by atoms with Gasteiger partial charge in [0, 0.05) is 17.6 Å². The topological polar surface area (TPSA) is 65.3 Å². The summed E-state index contributed by atoms with van der Waals surface area (Å²) in [5.74, 6) is 0.266. The van der Waals surface area contributed by atoms with Gasteiger partial charge in [0.1, 0.15) is 5.78 Å². The Bertz CT molecular complexity index is 723. The van der Waals surface area contributed by atoms with E-state index in [1.807, 2.05) is 26.8 Å². The third-order valence-electron chi connectivity index (χ3n) is 5.81. The van der Waals surface area contributed by atoms with Crippen LogP contribution in [-0.2, 0) is 14.8 Å². The third kappa shape index (κ3) is 2.26. The van der Waals surface area contributed by atoms with E-state index < -0.39 is 15.4 Å². The number of carbonyl (C=O) groups is 1. The number of sulfonamides is 1. The Kier molecular flexibility index (Phi) is 3.40. The summed E-state index contributed by atoms with van der Waals surface area (Å²) in [6.07, 6.45) is 2.14. The summed E-state index contributed by atoms with van der Waals surface area (Å²) in [7, 11) is -3.68. The molecule has 2 atom stereocenters. The predicted octanol–water partition coefficient (Wildman–Crippen LogP) is 3.73. The molecule has 1 aromatic rings. The fourth-order valence-corrected chi connectivity index (χ4v) is 6.10. The quantitative estimate of drug-likeness (QED) is 0.849. The molecule has 4 nitrogen and oxygen atoms in total. The molecule has 2 aliphatic carbocycles. The number of rotatable bonds is 4. The van der Waals surface area contributed by atoms with Crippen molar-refractivity contribution in [1.29, 1.82) is 0 Å². The predicted molar refractivity (Wildman–Crippen MR) is 86.5 cm³/mol. The lowest BCUT2D eigenvalue weighted by molar-refractivity contribution is -0.128. The SMILES string of the molecule is Cc1cccc([N-]S(=O)(=O)CC23CCC(CC2=O)C3(C)C)c1. The molecule has 3 rings (SSSR count). The molecule has 2 aliphatic rings. The van der Waals surface area contributed by atoms with Crippen molar-refractivity contribution < 1.29 is 13.2 Å². The van der Waals surface area contributed by atoms with Gasteiger partial charge in [0.05, 0.1) is 10.0 Å². The summed E-state index contributed by atoms with van der Waals surface area (Å²) in [4.78, 5) is 12.5. The first kappa shape index (κ1) is 15.5. The summed E-state index contributed by atoms with van der Waals surface area (Å²) in [6.45, 7) is 5.98. The number of fused-ring (bicyclic) bond motifs is 2. The van der Waals surface area contributed by atoms with Crippen molar-refractivity contribution in [3.63, 3.8) is 0 Å². The molecule has 2 bridgehead atoms. The van der Waals surface area contributed by atoms with E-state index in [0.29, 0.717) is 24.4 Å². The zero-order valence-corrected chi connectivity index (χ0v) is 14.1. The minimum absolute atomic E-state index is 0.108. The molecular formula is C17H22NO3S-. The van der Waals surface area contributed by atoms with E-state index >= 15 is 0 Å². The van der Waals surface area contributed by atoms with Gasteiger partial charge in [-0.15, -0.1) is 5.69 Å². The number of benzene rings is 1. The standard InChI is InChI=1S/C17H22NO3S/c1-12-5-4-6-14(9-12)18-22(20,21)11-17-8-7-13(10-15(17)19)16(17,2)3/h4-6,9,13H,7-8,10-11H2,1-3H3/q-1. The van der Waals surface area contributed by atoms with Crippen LogP contribution in [-0.4, -0.2) is 20.0 Å². The summed E-state index contributed by atoms with van der Waals surface area (Å²) in [5.41, 5.74) is 0.408. The second kappa shape index (κ2) is 4.82. The Morgan fingerprint density at radius 1 is 1.32 bits per heavy atom. The molecule has 120 valence electrons. The number of carbonyl (C=O) groups excluding carboxylic acids is 1. The lowest BCUT2D eigenvalue weighted by atomic mass is 9.70. The average molecular weight is 320 g/mol. The number of aryl methyl sites for hydroxylation is 1. The van der Waals surface area contributed by atoms with Crippen molar-refractivity contribution in [2.45, 2.75) is 40.0 Å². The van der Waals surface area contributed by atoms with Gasteiger partial charge < -0.3 is 4.72 Å². The minimum Gasteiger partial charge on any atom is -0.577 e. The highest BCUT2D eigenvalue weighted by atomic mass is 32.2. The van der Waals surface area contributed by atoms with Gasteiger partial charge in [-0.1, -0.05) is 43.7 Å². The van der Waals surface area contributed by atoms with Crippen molar-refractivity contribution in [3.8, 4) is 0 Å². The Hall–Kier alpha value is -1.36. The van der Waals surface area contributed by atoms with E-state index in [-0.39, 0.29) is 17.0 Å². The van der Waals surface area contributed by atoms with Gasteiger partial charge in [0.25, 0.3) is 0 Å². The van der Waals surface area contributed by atoms with Gasteiger partial charge in [-0.2, -0.15) is 0 Å². The molecule has 0 saturated heterocycles. The molecule has 0 radical (unpaired) electrons. The van der Waals surface area contributed by atoms with Crippen LogP contribution in [0, 0.1) is 23.7 Å². The van der Waals surface area contributed by atoms with Gasteiger partial charge >= 0.3 is 0 Å². The minimum atomic E-state index is -3.68. The van der Waals surface area contributed by atoms with Crippen LogP contribution < -0.4 is 0 Å². The molecule has 0 aromatic heterocycles. The lowest BCUT2D eigenvalue weighted by Gasteiger charge is -2.38. The molecule has 0 heterocycles. The van der Waals surface area contributed by atoms with E-state index in [1.54, 1.807) is 18.2 Å². The van der Waals surface area contributed by atoms with Gasteiger partial charge in [0.15, 0.2) is 0 Å². The highest BCUT2D eigenvalue weighted by Gasteiger charge is 2.64. The average Bonchev–Trinajstić information content (AvgIpc) is 2.71. The number of ketones is 1. The van der Waals surface area contributed by atoms with Crippen molar-refractivity contribution >= 4 is 21.5 Å². The van der Waals surface area contributed by atoms with Gasteiger partial charge in [-0.25, -0.2) is 8.42 Å². The second-order valence-electron chi connectivity index (χ2n) is 7.32. The smallest absolute Gasteiger partial charge is 0.140 e. The first-order chi connectivity index (χ1) is 10.2. The Morgan fingerprint density at radius 2 is 2.05 bits per heavy atom. The maximum absolute atomic E-state index is 12.6. The number of hydrogen-bond acceptors (Lipinski definition) is 3. The van der Waals surface area contributed by atoms with Crippen LogP contribution in [0.5, 0.6) is 0 Å².